The second kappa shape index (κ2) is 9.42. The second-order valence-electron chi connectivity index (χ2n) is 9.56. The lowest BCUT2D eigenvalue weighted by molar-refractivity contribution is 1.20. The maximum absolute atomic E-state index is 2.34. The summed E-state index contributed by atoms with van der Waals surface area (Å²) in [7, 11) is 0. The van der Waals surface area contributed by atoms with Crippen molar-refractivity contribution >= 4 is 33.4 Å². The maximum atomic E-state index is 2.34. The molecular formula is C36H26N2. The van der Waals surface area contributed by atoms with E-state index in [1.54, 1.807) is 0 Å². The van der Waals surface area contributed by atoms with Gasteiger partial charge in [-0.2, -0.15) is 0 Å². The van der Waals surface area contributed by atoms with Crippen LogP contribution in [0.5, 0.6) is 0 Å². The van der Waals surface area contributed by atoms with Crippen LogP contribution in [-0.2, 0) is 0 Å². The highest BCUT2D eigenvalue weighted by molar-refractivity contribution is 5.99. The van der Waals surface area contributed by atoms with Crippen LogP contribution in [0, 0.1) is 0 Å². The molecule has 0 spiro atoms. The largest absolute Gasteiger partial charge is 0.323 e. The van der Waals surface area contributed by atoms with Crippen LogP contribution in [0.15, 0.2) is 158 Å². The molecule has 38 heavy (non-hydrogen) atoms. The molecule has 0 aliphatic rings. The van der Waals surface area contributed by atoms with E-state index < -0.39 is 0 Å². The Morgan fingerprint density at radius 2 is 1.05 bits per heavy atom. The van der Waals surface area contributed by atoms with Gasteiger partial charge in [0.25, 0.3) is 0 Å². The van der Waals surface area contributed by atoms with Crippen molar-refractivity contribution in [2.75, 3.05) is 4.90 Å². The van der Waals surface area contributed by atoms with Crippen LogP contribution in [-0.4, -0.2) is 4.40 Å². The molecule has 7 aromatic rings. The van der Waals surface area contributed by atoms with Crippen molar-refractivity contribution in [3.05, 3.63) is 158 Å². The van der Waals surface area contributed by atoms with E-state index in [1.807, 2.05) is 0 Å². The summed E-state index contributed by atoms with van der Waals surface area (Å²) in [6, 6.07) is 51.9. The molecule has 7 rings (SSSR count). The Kier molecular flexibility index (Phi) is 5.49. The molecule has 0 radical (unpaired) electrons. The van der Waals surface area contributed by atoms with E-state index in [-0.39, 0.29) is 0 Å². The molecule has 180 valence electrons. The molecular weight excluding hydrogens is 460 g/mol. The normalized spacial score (nSPS) is 11.2. The SMILES string of the molecule is c1ccc(N(c2ccc(-c3ccc(-c4cc5ccccn5c4)cc3)cc2)c2cccc3ccccc23)cc1. The Labute approximate surface area is 222 Å². The van der Waals surface area contributed by atoms with Crippen LogP contribution in [0.2, 0.25) is 0 Å². The number of hydrogen-bond donors (Lipinski definition) is 0. The van der Waals surface area contributed by atoms with Crippen LogP contribution >= 0.6 is 0 Å². The van der Waals surface area contributed by atoms with Crippen molar-refractivity contribution in [2.45, 2.75) is 0 Å². The van der Waals surface area contributed by atoms with Crippen molar-refractivity contribution in [3.63, 3.8) is 0 Å². The van der Waals surface area contributed by atoms with Crippen LogP contribution in [0.25, 0.3) is 38.5 Å². The zero-order valence-corrected chi connectivity index (χ0v) is 20.9. The first-order valence-electron chi connectivity index (χ1n) is 12.9. The number of hydrogen-bond acceptors (Lipinski definition) is 1. The third kappa shape index (κ3) is 4.03. The molecule has 0 saturated heterocycles. The van der Waals surface area contributed by atoms with Crippen LogP contribution in [0.3, 0.4) is 0 Å². The maximum Gasteiger partial charge on any atom is 0.0540 e. The highest BCUT2D eigenvalue weighted by Crippen LogP contribution is 2.39. The summed E-state index contributed by atoms with van der Waals surface area (Å²) in [6.45, 7) is 0. The molecule has 0 bridgehead atoms. The third-order valence-electron chi connectivity index (χ3n) is 7.20. The van der Waals surface area contributed by atoms with Crippen molar-refractivity contribution in [3.8, 4) is 22.3 Å². The molecule has 0 atom stereocenters. The van der Waals surface area contributed by atoms with E-state index in [9.17, 15) is 0 Å². The topological polar surface area (TPSA) is 7.65 Å². The summed E-state index contributed by atoms with van der Waals surface area (Å²) < 4.78 is 2.16. The average Bonchev–Trinajstić information content (AvgIpc) is 3.43. The molecule has 0 aliphatic heterocycles. The first-order chi connectivity index (χ1) is 18.8. The van der Waals surface area contributed by atoms with Gasteiger partial charge in [0.2, 0.25) is 0 Å². The lowest BCUT2D eigenvalue weighted by Crippen LogP contribution is -2.10. The van der Waals surface area contributed by atoms with Crippen LogP contribution in [0.1, 0.15) is 0 Å². The minimum atomic E-state index is 1.13. The molecule has 5 aromatic carbocycles. The fraction of sp³-hybridized carbons (Fsp3) is 0. The molecule has 0 saturated carbocycles. The molecule has 2 aromatic heterocycles. The van der Waals surface area contributed by atoms with Gasteiger partial charge in [-0.15, -0.1) is 0 Å². The Hall–Kier alpha value is -5.08. The van der Waals surface area contributed by atoms with Gasteiger partial charge in [-0.05, 0) is 70.6 Å². The fourth-order valence-electron chi connectivity index (χ4n) is 5.28. The van der Waals surface area contributed by atoms with E-state index >= 15 is 0 Å². The number of rotatable bonds is 5. The molecule has 2 heterocycles. The van der Waals surface area contributed by atoms with Gasteiger partial charge in [0.1, 0.15) is 0 Å². The Morgan fingerprint density at radius 1 is 0.447 bits per heavy atom. The van der Waals surface area contributed by atoms with Crippen molar-refractivity contribution in [1.82, 2.24) is 4.40 Å². The predicted molar refractivity (Wildman–Crippen MR) is 160 cm³/mol. The van der Waals surface area contributed by atoms with Gasteiger partial charge in [0.05, 0.1) is 5.69 Å². The number of benzene rings is 5. The summed E-state index contributed by atoms with van der Waals surface area (Å²) in [5, 5.41) is 2.47. The minimum absolute atomic E-state index is 1.13. The monoisotopic (exact) mass is 486 g/mol. The summed E-state index contributed by atoms with van der Waals surface area (Å²) in [5.41, 5.74) is 9.51. The average molecular weight is 487 g/mol. The molecule has 2 heteroatoms. The Bertz CT molecular complexity index is 1810. The van der Waals surface area contributed by atoms with E-state index in [0.717, 1.165) is 11.4 Å². The van der Waals surface area contributed by atoms with E-state index in [1.165, 1.54) is 44.2 Å². The first-order valence-corrected chi connectivity index (χ1v) is 12.9. The smallest absolute Gasteiger partial charge is 0.0540 e. The Balaban J connectivity index is 1.24. The summed E-state index contributed by atoms with van der Waals surface area (Å²) in [5.74, 6) is 0. The first kappa shape index (κ1) is 22.1. The van der Waals surface area contributed by atoms with Crippen LogP contribution in [0.4, 0.5) is 17.1 Å². The quantitative estimate of drug-likeness (QED) is 0.235. The lowest BCUT2D eigenvalue weighted by Gasteiger charge is -2.27. The van der Waals surface area contributed by atoms with E-state index in [0.29, 0.717) is 0 Å². The highest BCUT2D eigenvalue weighted by Gasteiger charge is 2.15. The van der Waals surface area contributed by atoms with Crippen LogP contribution < -0.4 is 4.90 Å². The lowest BCUT2D eigenvalue weighted by atomic mass is 10.0. The van der Waals surface area contributed by atoms with Gasteiger partial charge >= 0.3 is 0 Å². The molecule has 0 amide bonds. The van der Waals surface area contributed by atoms with Crippen molar-refractivity contribution in [2.24, 2.45) is 0 Å². The van der Waals surface area contributed by atoms with Crippen molar-refractivity contribution < 1.29 is 0 Å². The number of aromatic nitrogens is 1. The fourth-order valence-corrected chi connectivity index (χ4v) is 5.28. The number of para-hydroxylation sites is 1. The van der Waals surface area contributed by atoms with Crippen molar-refractivity contribution in [1.29, 1.82) is 0 Å². The predicted octanol–water partition coefficient (Wildman–Crippen LogP) is 9.90. The number of pyridine rings is 1. The van der Waals surface area contributed by atoms with Gasteiger partial charge in [-0.3, -0.25) is 0 Å². The molecule has 0 N–H and O–H groups in total. The van der Waals surface area contributed by atoms with Gasteiger partial charge in [0, 0.05) is 40.2 Å². The van der Waals surface area contributed by atoms with Gasteiger partial charge < -0.3 is 9.30 Å². The highest BCUT2D eigenvalue weighted by atomic mass is 15.1. The molecule has 0 fully saturated rings. The summed E-state index contributed by atoms with van der Waals surface area (Å²) >= 11 is 0. The number of anilines is 3. The van der Waals surface area contributed by atoms with Gasteiger partial charge in [-0.25, -0.2) is 0 Å². The second-order valence-corrected chi connectivity index (χ2v) is 9.56. The molecule has 0 aliphatic carbocycles. The van der Waals surface area contributed by atoms with Gasteiger partial charge in [-0.1, -0.05) is 97.1 Å². The van der Waals surface area contributed by atoms with Gasteiger partial charge in [0.15, 0.2) is 0 Å². The Morgan fingerprint density at radius 3 is 1.82 bits per heavy atom. The number of nitrogens with zero attached hydrogens (tertiary/aromatic N) is 2. The van der Waals surface area contributed by atoms with E-state index in [4.69, 9.17) is 0 Å². The minimum Gasteiger partial charge on any atom is -0.323 e. The zero-order chi connectivity index (χ0) is 25.3. The zero-order valence-electron chi connectivity index (χ0n) is 20.9. The molecule has 2 nitrogen and oxygen atoms in total. The summed E-state index contributed by atoms with van der Waals surface area (Å²) in [6.07, 6.45) is 4.27. The summed E-state index contributed by atoms with van der Waals surface area (Å²) in [4.78, 5) is 2.34. The molecule has 0 unspecified atom stereocenters. The number of fused-ring (bicyclic) bond motifs is 2. The van der Waals surface area contributed by atoms with E-state index in [2.05, 4.69) is 167 Å². The third-order valence-corrected chi connectivity index (χ3v) is 7.20. The standard InChI is InChI=1S/C36H26N2/c1-2-11-32(12-3-1)38(36-15-8-10-30-9-4-5-14-35(30)36)33-22-20-28(21-23-33)27-16-18-29(19-17-27)31-25-34-13-6-7-24-37(34)26-31/h1-26H.